The number of hydrogen-bond donors (Lipinski definition) is 2. The molecule has 0 spiro atoms. The molecule has 1 aliphatic heterocycles. The first-order valence-electron chi connectivity index (χ1n) is 7.03. The maximum absolute atomic E-state index is 11.0. The van der Waals surface area contributed by atoms with Crippen molar-refractivity contribution in [3.8, 4) is 0 Å². The largest absolute Gasteiger partial charge is 0.469 e. The summed E-state index contributed by atoms with van der Waals surface area (Å²) in [6, 6.07) is 8.70. The van der Waals surface area contributed by atoms with Gasteiger partial charge in [0.05, 0.1) is 13.2 Å². The van der Waals surface area contributed by atoms with Gasteiger partial charge in [-0.3, -0.25) is 4.79 Å². The SMILES string of the molecule is COC(=O)CCCNC(=S)N[C@H]1CCSc2ccccc21. The van der Waals surface area contributed by atoms with Crippen molar-refractivity contribution in [3.63, 3.8) is 0 Å². The molecule has 6 heteroatoms. The molecule has 0 unspecified atom stereocenters. The highest BCUT2D eigenvalue weighted by molar-refractivity contribution is 7.99. The van der Waals surface area contributed by atoms with Crippen LogP contribution in [0.4, 0.5) is 0 Å². The predicted molar refractivity (Wildman–Crippen MR) is 89.5 cm³/mol. The van der Waals surface area contributed by atoms with E-state index in [4.69, 9.17) is 12.2 Å². The zero-order chi connectivity index (χ0) is 15.1. The number of benzene rings is 1. The van der Waals surface area contributed by atoms with E-state index in [1.165, 1.54) is 17.6 Å². The minimum atomic E-state index is -0.186. The van der Waals surface area contributed by atoms with Gasteiger partial charge in [-0.15, -0.1) is 11.8 Å². The number of carbonyl (C=O) groups excluding carboxylic acids is 1. The van der Waals surface area contributed by atoms with Gasteiger partial charge in [-0.25, -0.2) is 0 Å². The lowest BCUT2D eigenvalue weighted by molar-refractivity contribution is -0.140. The van der Waals surface area contributed by atoms with Gasteiger partial charge in [0.2, 0.25) is 0 Å². The summed E-state index contributed by atoms with van der Waals surface area (Å²) in [5.74, 6) is 0.911. The summed E-state index contributed by atoms with van der Waals surface area (Å²) in [5, 5.41) is 7.16. The topological polar surface area (TPSA) is 50.4 Å². The molecule has 0 aliphatic carbocycles. The van der Waals surface area contributed by atoms with Gasteiger partial charge in [0.25, 0.3) is 0 Å². The molecule has 2 N–H and O–H groups in total. The molecule has 0 bridgehead atoms. The Morgan fingerprint density at radius 3 is 3.10 bits per heavy atom. The van der Waals surface area contributed by atoms with E-state index in [0.29, 0.717) is 24.5 Å². The van der Waals surface area contributed by atoms with Crippen LogP contribution in [0.1, 0.15) is 30.9 Å². The Morgan fingerprint density at radius 1 is 1.48 bits per heavy atom. The number of esters is 1. The minimum Gasteiger partial charge on any atom is -0.469 e. The number of fused-ring (bicyclic) bond motifs is 1. The third-order valence-electron chi connectivity index (χ3n) is 3.33. The van der Waals surface area contributed by atoms with Crippen molar-refractivity contribution < 1.29 is 9.53 Å². The highest BCUT2D eigenvalue weighted by Gasteiger charge is 2.20. The standard InChI is InChI=1S/C15H20N2O2S2/c1-19-14(18)7-4-9-16-15(20)17-12-8-10-21-13-6-3-2-5-11(12)13/h2-3,5-6,12H,4,7-10H2,1H3,(H2,16,17,20)/t12-/m0/s1. The average Bonchev–Trinajstić information content (AvgIpc) is 2.51. The van der Waals surface area contributed by atoms with Gasteiger partial charge in [0.1, 0.15) is 0 Å². The molecule has 0 saturated heterocycles. The number of thioether (sulfide) groups is 1. The molecule has 0 fully saturated rings. The molecule has 1 aromatic carbocycles. The van der Waals surface area contributed by atoms with Crippen LogP contribution < -0.4 is 10.6 Å². The van der Waals surface area contributed by atoms with Crippen LogP contribution in [0.3, 0.4) is 0 Å². The van der Waals surface area contributed by atoms with Crippen molar-refractivity contribution in [2.24, 2.45) is 0 Å². The summed E-state index contributed by atoms with van der Waals surface area (Å²) in [5.41, 5.74) is 1.31. The Balaban J connectivity index is 1.77. The van der Waals surface area contributed by atoms with Gasteiger partial charge in [-0.05, 0) is 36.7 Å². The van der Waals surface area contributed by atoms with E-state index >= 15 is 0 Å². The maximum Gasteiger partial charge on any atom is 0.305 e. The van der Waals surface area contributed by atoms with Crippen LogP contribution in [-0.2, 0) is 9.53 Å². The number of nitrogens with one attached hydrogen (secondary N) is 2. The highest BCUT2D eigenvalue weighted by Crippen LogP contribution is 2.35. The predicted octanol–water partition coefficient (Wildman–Crippen LogP) is 2.64. The second kappa shape index (κ2) is 8.24. The van der Waals surface area contributed by atoms with Crippen molar-refractivity contribution in [2.45, 2.75) is 30.2 Å². The number of carbonyl (C=O) groups is 1. The van der Waals surface area contributed by atoms with Gasteiger partial charge < -0.3 is 15.4 Å². The monoisotopic (exact) mass is 324 g/mol. The summed E-state index contributed by atoms with van der Waals surface area (Å²) < 4.78 is 4.60. The third kappa shape index (κ3) is 4.89. The van der Waals surface area contributed by atoms with Crippen LogP contribution in [0.25, 0.3) is 0 Å². The second-order valence-corrected chi connectivity index (χ2v) is 6.35. The average molecular weight is 324 g/mol. The van der Waals surface area contributed by atoms with Crippen LogP contribution >= 0.6 is 24.0 Å². The van der Waals surface area contributed by atoms with Crippen LogP contribution in [-0.4, -0.2) is 30.5 Å². The summed E-state index contributed by atoms with van der Waals surface area (Å²) in [6.45, 7) is 0.671. The number of hydrogen-bond acceptors (Lipinski definition) is 4. The molecular weight excluding hydrogens is 304 g/mol. The molecule has 0 radical (unpaired) electrons. The van der Waals surface area contributed by atoms with E-state index in [1.807, 2.05) is 11.8 Å². The van der Waals surface area contributed by atoms with E-state index < -0.39 is 0 Å². The van der Waals surface area contributed by atoms with Gasteiger partial charge >= 0.3 is 5.97 Å². The van der Waals surface area contributed by atoms with E-state index in [2.05, 4.69) is 39.6 Å². The van der Waals surface area contributed by atoms with Crippen molar-refractivity contribution in [1.29, 1.82) is 0 Å². The molecule has 1 aromatic rings. The first-order chi connectivity index (χ1) is 10.2. The molecule has 1 atom stereocenters. The zero-order valence-corrected chi connectivity index (χ0v) is 13.7. The first-order valence-corrected chi connectivity index (χ1v) is 8.43. The number of rotatable bonds is 5. The Morgan fingerprint density at radius 2 is 2.29 bits per heavy atom. The molecule has 4 nitrogen and oxygen atoms in total. The molecule has 114 valence electrons. The lowest BCUT2D eigenvalue weighted by Gasteiger charge is -2.27. The number of methoxy groups -OCH3 is 1. The van der Waals surface area contributed by atoms with Crippen molar-refractivity contribution in [2.75, 3.05) is 19.4 Å². The van der Waals surface area contributed by atoms with Crippen molar-refractivity contribution in [3.05, 3.63) is 29.8 Å². The highest BCUT2D eigenvalue weighted by atomic mass is 32.2. The summed E-state index contributed by atoms with van der Waals surface area (Å²) in [4.78, 5) is 12.3. The van der Waals surface area contributed by atoms with Crippen LogP contribution in [0.15, 0.2) is 29.2 Å². The van der Waals surface area contributed by atoms with E-state index in [0.717, 1.165) is 12.2 Å². The molecule has 0 saturated carbocycles. The van der Waals surface area contributed by atoms with Crippen LogP contribution in [0.2, 0.25) is 0 Å². The van der Waals surface area contributed by atoms with Crippen molar-refractivity contribution >= 4 is 35.1 Å². The van der Waals surface area contributed by atoms with Crippen LogP contribution in [0.5, 0.6) is 0 Å². The molecule has 1 aliphatic rings. The second-order valence-electron chi connectivity index (χ2n) is 4.81. The molecule has 1 heterocycles. The fraction of sp³-hybridized carbons (Fsp3) is 0.467. The van der Waals surface area contributed by atoms with Gasteiger partial charge in [-0.2, -0.15) is 0 Å². The van der Waals surface area contributed by atoms with Gasteiger partial charge in [0, 0.05) is 23.6 Å². The number of ether oxygens (including phenoxy) is 1. The third-order valence-corrected chi connectivity index (χ3v) is 4.72. The first kappa shape index (κ1) is 16.1. The summed E-state index contributed by atoms with van der Waals surface area (Å²) in [7, 11) is 1.40. The Labute approximate surface area is 135 Å². The quantitative estimate of drug-likeness (QED) is 0.493. The number of thiocarbonyl (C=S) groups is 1. The Bertz CT molecular complexity index is 508. The molecule has 0 aromatic heterocycles. The normalized spacial score (nSPS) is 16.7. The van der Waals surface area contributed by atoms with E-state index in [-0.39, 0.29) is 12.0 Å². The summed E-state index contributed by atoms with van der Waals surface area (Å²) >= 11 is 7.22. The van der Waals surface area contributed by atoms with Crippen LogP contribution in [0, 0.1) is 0 Å². The van der Waals surface area contributed by atoms with Gasteiger partial charge in [0.15, 0.2) is 5.11 Å². The minimum absolute atomic E-state index is 0.186. The lowest BCUT2D eigenvalue weighted by Crippen LogP contribution is -2.39. The zero-order valence-electron chi connectivity index (χ0n) is 12.1. The fourth-order valence-corrected chi connectivity index (χ4v) is 3.61. The molecule has 0 amide bonds. The Hall–Kier alpha value is -1.27. The summed E-state index contributed by atoms with van der Waals surface area (Å²) in [6.07, 6.45) is 2.19. The molecular formula is C15H20N2O2S2. The Kier molecular flexibility index (Phi) is 6.32. The molecule has 2 rings (SSSR count). The van der Waals surface area contributed by atoms with E-state index in [1.54, 1.807) is 0 Å². The van der Waals surface area contributed by atoms with Crippen molar-refractivity contribution in [1.82, 2.24) is 10.6 Å². The maximum atomic E-state index is 11.0. The van der Waals surface area contributed by atoms with E-state index in [9.17, 15) is 4.79 Å². The van der Waals surface area contributed by atoms with Gasteiger partial charge in [-0.1, -0.05) is 18.2 Å². The molecule has 21 heavy (non-hydrogen) atoms. The lowest BCUT2D eigenvalue weighted by atomic mass is 10.0. The smallest absolute Gasteiger partial charge is 0.305 e. The fourth-order valence-electron chi connectivity index (χ4n) is 2.24.